The number of alkyl halides is 3. The van der Waals surface area contributed by atoms with E-state index in [1.807, 2.05) is 4.57 Å². The molecule has 1 aromatic carbocycles. The van der Waals surface area contributed by atoms with Gasteiger partial charge in [0.1, 0.15) is 0 Å². The lowest BCUT2D eigenvalue weighted by atomic mass is 10.00. The fraction of sp³-hybridized carbons (Fsp3) is 0.609. The van der Waals surface area contributed by atoms with Crippen molar-refractivity contribution in [3.05, 3.63) is 35.5 Å². The number of fused-ring (bicyclic) bond motifs is 1. The lowest BCUT2D eigenvalue weighted by Crippen LogP contribution is -2.20. The predicted octanol–water partition coefficient (Wildman–Crippen LogP) is 5.95. The van der Waals surface area contributed by atoms with Crippen molar-refractivity contribution >= 4 is 16.7 Å². The maximum atomic E-state index is 13.4. The minimum absolute atomic E-state index is 0.0375. The van der Waals surface area contributed by atoms with Gasteiger partial charge in [0.15, 0.2) is 5.78 Å². The molecule has 3 nitrogen and oxygen atoms in total. The molecule has 0 unspecified atom stereocenters. The molecule has 1 aromatic heterocycles. The Bertz CT molecular complexity index is 935. The number of carbonyl (C=O) groups is 1. The fourth-order valence-corrected chi connectivity index (χ4v) is 5.03. The maximum Gasteiger partial charge on any atom is 0.416 e. The number of nitrogens with zero attached hydrogens (tertiary/aromatic N) is 1. The minimum atomic E-state index is -4.41. The van der Waals surface area contributed by atoms with E-state index in [-0.39, 0.29) is 22.5 Å². The van der Waals surface area contributed by atoms with Gasteiger partial charge in [-0.1, -0.05) is 33.8 Å². The molecule has 1 saturated carbocycles. The molecule has 2 heterocycles. The number of aromatic nitrogens is 1. The summed E-state index contributed by atoms with van der Waals surface area (Å²) in [5.41, 5.74) is 0.119. The van der Waals surface area contributed by atoms with Gasteiger partial charge in [-0.3, -0.25) is 4.79 Å². The Morgan fingerprint density at radius 1 is 1.14 bits per heavy atom. The average molecular weight is 407 g/mol. The van der Waals surface area contributed by atoms with Crippen molar-refractivity contribution in [2.24, 2.45) is 22.7 Å². The van der Waals surface area contributed by atoms with Crippen LogP contribution in [0, 0.1) is 22.7 Å². The van der Waals surface area contributed by atoms with Gasteiger partial charge >= 0.3 is 6.18 Å². The SMILES string of the molecule is CC1(C)C(C(=O)c2cn(CC3CCOCC3)c3cc(C(F)(F)F)ccc23)C1(C)C. The monoisotopic (exact) mass is 407 g/mol. The van der Waals surface area contributed by atoms with Crippen LogP contribution >= 0.6 is 0 Å². The van der Waals surface area contributed by atoms with E-state index in [0.717, 1.165) is 18.9 Å². The summed E-state index contributed by atoms with van der Waals surface area (Å²) in [4.78, 5) is 13.4. The van der Waals surface area contributed by atoms with E-state index in [1.165, 1.54) is 12.1 Å². The lowest BCUT2D eigenvalue weighted by Gasteiger charge is -2.23. The number of rotatable bonds is 4. The highest BCUT2D eigenvalue weighted by Gasteiger charge is 2.68. The highest BCUT2D eigenvalue weighted by molar-refractivity contribution is 6.11. The number of hydrogen-bond acceptors (Lipinski definition) is 2. The van der Waals surface area contributed by atoms with Crippen LogP contribution in [0.5, 0.6) is 0 Å². The second-order valence-electron chi connectivity index (χ2n) is 9.72. The standard InChI is InChI=1S/C23H28F3NO2/c1-21(2)20(22(21,3)4)19(28)17-13-27(12-14-7-9-29-10-8-14)18-11-15(23(24,25)26)5-6-16(17)18/h5-6,11,13-14,20H,7-10,12H2,1-4H3. The first-order valence-corrected chi connectivity index (χ1v) is 10.3. The van der Waals surface area contributed by atoms with Gasteiger partial charge in [-0.05, 0) is 41.7 Å². The molecular formula is C23H28F3NO2. The number of Topliss-reactive ketones (excluding diaryl/α,β-unsaturated/α-hetero) is 1. The van der Waals surface area contributed by atoms with Crippen LogP contribution in [0.15, 0.2) is 24.4 Å². The Hall–Kier alpha value is -1.82. The molecule has 2 aliphatic rings. The summed E-state index contributed by atoms with van der Waals surface area (Å²) in [7, 11) is 0. The van der Waals surface area contributed by atoms with E-state index >= 15 is 0 Å². The summed E-state index contributed by atoms with van der Waals surface area (Å²) in [5, 5.41) is 0.619. The van der Waals surface area contributed by atoms with Crippen molar-refractivity contribution < 1.29 is 22.7 Å². The van der Waals surface area contributed by atoms with E-state index in [9.17, 15) is 18.0 Å². The first-order valence-electron chi connectivity index (χ1n) is 10.3. The lowest BCUT2D eigenvalue weighted by molar-refractivity contribution is -0.137. The molecule has 2 fully saturated rings. The highest BCUT2D eigenvalue weighted by atomic mass is 19.4. The van der Waals surface area contributed by atoms with Gasteiger partial charge in [0, 0.05) is 48.3 Å². The number of benzene rings is 1. The summed E-state index contributed by atoms with van der Waals surface area (Å²) >= 11 is 0. The van der Waals surface area contributed by atoms with E-state index in [2.05, 4.69) is 27.7 Å². The zero-order chi connectivity index (χ0) is 21.2. The number of ether oxygens (including phenoxy) is 1. The van der Waals surface area contributed by atoms with Crippen molar-refractivity contribution in [1.82, 2.24) is 4.57 Å². The molecule has 0 spiro atoms. The Kier molecular flexibility index (Phi) is 4.65. The largest absolute Gasteiger partial charge is 0.416 e. The third-order valence-corrected chi connectivity index (χ3v) is 7.55. The minimum Gasteiger partial charge on any atom is -0.381 e. The quantitative estimate of drug-likeness (QED) is 0.586. The maximum absolute atomic E-state index is 13.4. The van der Waals surface area contributed by atoms with E-state index in [0.29, 0.717) is 42.1 Å². The van der Waals surface area contributed by atoms with Crippen LogP contribution < -0.4 is 0 Å². The molecule has 0 bridgehead atoms. The molecule has 29 heavy (non-hydrogen) atoms. The Labute approximate surface area is 169 Å². The predicted molar refractivity (Wildman–Crippen MR) is 106 cm³/mol. The Morgan fingerprint density at radius 2 is 1.76 bits per heavy atom. The van der Waals surface area contributed by atoms with E-state index in [4.69, 9.17) is 4.74 Å². The van der Waals surface area contributed by atoms with Crippen LogP contribution in [0.1, 0.15) is 56.5 Å². The second-order valence-corrected chi connectivity index (χ2v) is 9.72. The third-order valence-electron chi connectivity index (χ3n) is 7.55. The van der Waals surface area contributed by atoms with Crippen molar-refractivity contribution in [1.29, 1.82) is 0 Å². The topological polar surface area (TPSA) is 31.2 Å². The molecule has 4 rings (SSSR count). The number of carbonyl (C=O) groups excluding carboxylic acids is 1. The summed E-state index contributed by atoms with van der Waals surface area (Å²) in [6.07, 6.45) is -0.866. The van der Waals surface area contributed by atoms with Crippen LogP contribution in [-0.2, 0) is 17.5 Å². The normalized spacial score (nSPS) is 22.2. The summed E-state index contributed by atoms with van der Waals surface area (Å²) in [6.45, 7) is 10.3. The van der Waals surface area contributed by atoms with Gasteiger partial charge < -0.3 is 9.30 Å². The molecule has 158 valence electrons. The fourth-order valence-electron chi connectivity index (χ4n) is 5.03. The van der Waals surface area contributed by atoms with E-state index in [1.54, 1.807) is 6.20 Å². The van der Waals surface area contributed by atoms with Gasteiger partial charge in [-0.25, -0.2) is 0 Å². The second kappa shape index (κ2) is 6.59. The van der Waals surface area contributed by atoms with Crippen molar-refractivity contribution in [3.63, 3.8) is 0 Å². The van der Waals surface area contributed by atoms with Gasteiger partial charge in [0.05, 0.1) is 5.56 Å². The summed E-state index contributed by atoms with van der Waals surface area (Å²) < 4.78 is 47.2. The van der Waals surface area contributed by atoms with Crippen LogP contribution in [0.4, 0.5) is 13.2 Å². The molecule has 0 amide bonds. The molecule has 0 atom stereocenters. The molecule has 1 aliphatic carbocycles. The summed E-state index contributed by atoms with van der Waals surface area (Å²) in [5.74, 6) is 0.251. The van der Waals surface area contributed by atoms with Crippen molar-refractivity contribution in [2.45, 2.75) is 53.3 Å². The zero-order valence-electron chi connectivity index (χ0n) is 17.4. The Balaban J connectivity index is 1.77. The molecule has 0 radical (unpaired) electrons. The number of halogens is 3. The van der Waals surface area contributed by atoms with Crippen molar-refractivity contribution in [2.75, 3.05) is 13.2 Å². The molecule has 2 aromatic rings. The third kappa shape index (κ3) is 3.29. The smallest absolute Gasteiger partial charge is 0.381 e. The first-order chi connectivity index (χ1) is 13.4. The number of ketones is 1. The van der Waals surface area contributed by atoms with Crippen LogP contribution in [0.25, 0.3) is 10.9 Å². The van der Waals surface area contributed by atoms with Gasteiger partial charge in [0.25, 0.3) is 0 Å². The molecule has 1 saturated heterocycles. The van der Waals surface area contributed by atoms with Crippen LogP contribution in [-0.4, -0.2) is 23.6 Å². The zero-order valence-corrected chi connectivity index (χ0v) is 17.4. The van der Waals surface area contributed by atoms with Crippen LogP contribution in [0.3, 0.4) is 0 Å². The van der Waals surface area contributed by atoms with Crippen molar-refractivity contribution in [3.8, 4) is 0 Å². The molecular weight excluding hydrogens is 379 g/mol. The average Bonchev–Trinajstić information content (AvgIpc) is 2.90. The highest BCUT2D eigenvalue weighted by Crippen LogP contribution is 2.69. The van der Waals surface area contributed by atoms with Gasteiger partial charge in [0.2, 0.25) is 0 Å². The van der Waals surface area contributed by atoms with Gasteiger partial charge in [-0.2, -0.15) is 13.2 Å². The number of hydrogen-bond donors (Lipinski definition) is 0. The molecule has 1 aliphatic heterocycles. The molecule has 0 N–H and O–H groups in total. The summed E-state index contributed by atoms with van der Waals surface area (Å²) in [6, 6.07) is 3.74. The van der Waals surface area contributed by atoms with Gasteiger partial charge in [-0.15, -0.1) is 0 Å². The van der Waals surface area contributed by atoms with Crippen LogP contribution in [0.2, 0.25) is 0 Å². The molecule has 6 heteroatoms. The van der Waals surface area contributed by atoms with E-state index < -0.39 is 11.7 Å². The Morgan fingerprint density at radius 3 is 2.31 bits per heavy atom. The first kappa shape index (κ1) is 20.5.